The fraction of sp³-hybridized carbons (Fsp3) is 0.684. The third kappa shape index (κ3) is 6.12. The summed E-state index contributed by atoms with van der Waals surface area (Å²) in [7, 11) is -1.49. The molecule has 9 nitrogen and oxygen atoms in total. The highest BCUT2D eigenvalue weighted by Gasteiger charge is 2.45. The van der Waals surface area contributed by atoms with E-state index in [1.165, 1.54) is 13.2 Å². The summed E-state index contributed by atoms with van der Waals surface area (Å²) in [6, 6.07) is 0. The normalized spacial score (nSPS) is 21.0. The fourth-order valence-electron chi connectivity index (χ4n) is 2.40. The van der Waals surface area contributed by atoms with Gasteiger partial charge in [-0.25, -0.2) is 9.59 Å². The number of hydrogen-bond donors (Lipinski definition) is 0. The van der Waals surface area contributed by atoms with Crippen LogP contribution in [0.15, 0.2) is 23.8 Å². The van der Waals surface area contributed by atoms with E-state index in [4.69, 9.17) is 22.9 Å². The van der Waals surface area contributed by atoms with E-state index >= 15 is 0 Å². The maximum atomic E-state index is 12.7. The largest absolute Gasteiger partial charge is 0.467 e. The van der Waals surface area contributed by atoms with Gasteiger partial charge in [0.05, 0.1) is 32.0 Å². The number of carbonyl (C=O) groups is 2. The molecule has 0 heterocycles. The molecular weight excluding hydrogens is 431 g/mol. The summed E-state index contributed by atoms with van der Waals surface area (Å²) < 4.78 is 44.1. The van der Waals surface area contributed by atoms with Crippen molar-refractivity contribution < 1.29 is 41.8 Å². The molecule has 1 rings (SSSR count). The third-order valence-electron chi connectivity index (χ3n) is 5.26. The molecule has 30 heavy (non-hydrogen) atoms. The van der Waals surface area contributed by atoms with Crippen molar-refractivity contribution in [3.63, 3.8) is 0 Å². The molecule has 1 unspecified atom stereocenters. The van der Waals surface area contributed by atoms with Crippen LogP contribution >= 0.6 is 7.60 Å². The number of methoxy groups -OCH3 is 2. The quantitative estimate of drug-likeness (QED) is 0.220. The molecule has 0 aliphatic heterocycles. The first-order chi connectivity index (χ1) is 13.8. The van der Waals surface area contributed by atoms with Gasteiger partial charge >= 0.3 is 19.5 Å². The van der Waals surface area contributed by atoms with E-state index in [-0.39, 0.29) is 10.6 Å². The highest BCUT2D eigenvalue weighted by atomic mass is 31.2. The van der Waals surface area contributed by atoms with Crippen LogP contribution in [-0.4, -0.2) is 66.7 Å². The molecule has 0 aromatic rings. The van der Waals surface area contributed by atoms with E-state index in [2.05, 4.69) is 38.6 Å². The van der Waals surface area contributed by atoms with Crippen LogP contribution in [0.1, 0.15) is 20.8 Å². The smallest absolute Gasteiger partial charge is 0.370 e. The molecule has 1 aliphatic rings. The van der Waals surface area contributed by atoms with Crippen LogP contribution in [0.4, 0.5) is 0 Å². The first-order valence-corrected chi connectivity index (χ1v) is 13.9. The lowest BCUT2D eigenvalue weighted by Gasteiger charge is -2.39. The van der Waals surface area contributed by atoms with Crippen molar-refractivity contribution in [1.29, 1.82) is 0 Å². The van der Waals surface area contributed by atoms with Crippen LogP contribution in [0.3, 0.4) is 0 Å². The van der Waals surface area contributed by atoms with E-state index in [0.717, 1.165) is 21.3 Å². The van der Waals surface area contributed by atoms with Crippen molar-refractivity contribution in [3.05, 3.63) is 23.8 Å². The molecular formula is C19H33O9PSi. The standard InChI is InChI=1S/C19H33O9PSi/c1-19(2,3)30(8,9)28-15-11-10-13(12-14(15)16(20)23-4)27-18(17(21)24-5)29(22,25-6)26-7/h10-13,15,18H,1-9H3/t13-,15-,18?/m0/s1. The Bertz CT molecular complexity index is 731. The lowest BCUT2D eigenvalue weighted by atomic mass is 10.0. The first-order valence-electron chi connectivity index (χ1n) is 9.37. The average Bonchev–Trinajstić information content (AvgIpc) is 2.70. The highest BCUT2D eigenvalue weighted by molar-refractivity contribution is 7.55. The summed E-state index contributed by atoms with van der Waals surface area (Å²) in [5.74, 6) is -3.16. The molecule has 3 atom stereocenters. The van der Waals surface area contributed by atoms with Crippen LogP contribution in [0.2, 0.25) is 18.1 Å². The Morgan fingerprint density at radius 3 is 2.03 bits per heavy atom. The molecule has 0 saturated carbocycles. The lowest BCUT2D eigenvalue weighted by Crippen LogP contribution is -2.45. The van der Waals surface area contributed by atoms with Gasteiger partial charge in [-0.05, 0) is 24.2 Å². The molecule has 0 fully saturated rings. The molecule has 1 aliphatic carbocycles. The Morgan fingerprint density at radius 1 is 1.03 bits per heavy atom. The van der Waals surface area contributed by atoms with Gasteiger partial charge in [-0.2, -0.15) is 0 Å². The predicted octanol–water partition coefficient (Wildman–Crippen LogP) is 3.42. The molecule has 0 aromatic carbocycles. The van der Waals surface area contributed by atoms with Crippen LogP contribution in [0, 0.1) is 0 Å². The van der Waals surface area contributed by atoms with Gasteiger partial charge in [0.15, 0.2) is 8.32 Å². The monoisotopic (exact) mass is 464 g/mol. The fourth-order valence-corrected chi connectivity index (χ4v) is 4.78. The van der Waals surface area contributed by atoms with E-state index < -0.39 is 45.9 Å². The molecule has 0 spiro atoms. The number of ether oxygens (including phenoxy) is 3. The zero-order valence-corrected chi connectivity index (χ0v) is 21.0. The summed E-state index contributed by atoms with van der Waals surface area (Å²) in [5.41, 5.74) is 0.225. The summed E-state index contributed by atoms with van der Waals surface area (Å²) in [5, 5.41) is -0.0744. The van der Waals surface area contributed by atoms with Gasteiger partial charge in [-0.1, -0.05) is 32.9 Å². The van der Waals surface area contributed by atoms with Gasteiger partial charge in [0.2, 0.25) is 0 Å². The van der Waals surface area contributed by atoms with Gasteiger partial charge in [0, 0.05) is 14.2 Å². The highest BCUT2D eigenvalue weighted by Crippen LogP contribution is 2.53. The Hall–Kier alpha value is -1.29. The van der Waals surface area contributed by atoms with Gasteiger partial charge < -0.3 is 27.7 Å². The maximum absolute atomic E-state index is 12.7. The van der Waals surface area contributed by atoms with Gasteiger partial charge in [0.25, 0.3) is 5.85 Å². The molecule has 0 N–H and O–H groups in total. The molecule has 0 saturated heterocycles. The van der Waals surface area contributed by atoms with Crippen molar-refractivity contribution in [2.75, 3.05) is 28.4 Å². The Morgan fingerprint density at radius 2 is 1.60 bits per heavy atom. The van der Waals surface area contributed by atoms with Crippen molar-refractivity contribution in [2.45, 2.75) is 57.0 Å². The van der Waals surface area contributed by atoms with Gasteiger partial charge in [-0.15, -0.1) is 0 Å². The Kier molecular flexibility index (Phi) is 9.22. The topological polar surface area (TPSA) is 107 Å². The van der Waals surface area contributed by atoms with E-state index in [1.54, 1.807) is 12.2 Å². The summed E-state index contributed by atoms with van der Waals surface area (Å²) in [6.45, 7) is 10.4. The zero-order valence-electron chi connectivity index (χ0n) is 19.1. The molecule has 11 heteroatoms. The van der Waals surface area contributed by atoms with Gasteiger partial charge in [-0.3, -0.25) is 4.57 Å². The van der Waals surface area contributed by atoms with Crippen LogP contribution in [0.5, 0.6) is 0 Å². The van der Waals surface area contributed by atoms with Crippen molar-refractivity contribution in [2.24, 2.45) is 0 Å². The Labute approximate surface area is 179 Å². The summed E-state index contributed by atoms with van der Waals surface area (Å²) in [6.07, 6.45) is 3.22. The predicted molar refractivity (Wildman–Crippen MR) is 114 cm³/mol. The second-order valence-electron chi connectivity index (χ2n) is 8.18. The van der Waals surface area contributed by atoms with Gasteiger partial charge in [0.1, 0.15) is 0 Å². The molecule has 0 amide bonds. The SMILES string of the molecule is COC(=O)C1=C[C@@H](OC(C(=O)OC)P(=O)(OC)OC)C=C[C@@H]1O[Si](C)(C)C(C)(C)C. The van der Waals surface area contributed by atoms with Crippen molar-refractivity contribution in [3.8, 4) is 0 Å². The van der Waals surface area contributed by atoms with Crippen molar-refractivity contribution >= 4 is 27.9 Å². The average molecular weight is 465 g/mol. The Balaban J connectivity index is 3.23. The second-order valence-corrected chi connectivity index (χ2v) is 15.2. The number of rotatable bonds is 9. The minimum atomic E-state index is -3.95. The zero-order chi connectivity index (χ0) is 23.3. The first kappa shape index (κ1) is 26.7. The van der Waals surface area contributed by atoms with Crippen LogP contribution in [0.25, 0.3) is 0 Å². The number of carbonyl (C=O) groups excluding carboxylic acids is 2. The molecule has 0 radical (unpaired) electrons. The van der Waals surface area contributed by atoms with Crippen molar-refractivity contribution in [1.82, 2.24) is 0 Å². The lowest BCUT2D eigenvalue weighted by molar-refractivity contribution is -0.150. The van der Waals surface area contributed by atoms with E-state index in [0.29, 0.717) is 0 Å². The second kappa shape index (κ2) is 10.3. The molecule has 0 bridgehead atoms. The number of esters is 2. The third-order valence-corrected chi connectivity index (χ3v) is 11.6. The molecule has 0 aromatic heterocycles. The summed E-state index contributed by atoms with van der Waals surface area (Å²) in [4.78, 5) is 24.6. The minimum Gasteiger partial charge on any atom is -0.467 e. The van der Waals surface area contributed by atoms with E-state index in [1.807, 2.05) is 0 Å². The van der Waals surface area contributed by atoms with Crippen LogP contribution in [-0.2, 0) is 41.8 Å². The number of hydrogen-bond acceptors (Lipinski definition) is 9. The molecule has 172 valence electrons. The van der Waals surface area contributed by atoms with E-state index in [9.17, 15) is 14.2 Å². The summed E-state index contributed by atoms with van der Waals surface area (Å²) >= 11 is 0. The van der Waals surface area contributed by atoms with Crippen LogP contribution < -0.4 is 0 Å². The minimum absolute atomic E-state index is 0.0744. The maximum Gasteiger partial charge on any atom is 0.370 e.